The van der Waals surface area contributed by atoms with Crippen molar-refractivity contribution in [2.75, 3.05) is 18.6 Å². The van der Waals surface area contributed by atoms with Gasteiger partial charge in [0.15, 0.2) is 21.6 Å². The van der Waals surface area contributed by atoms with Gasteiger partial charge in [0, 0.05) is 25.0 Å². The average molecular weight is 464 g/mol. The zero-order valence-corrected chi connectivity index (χ0v) is 19.4. The molecule has 0 saturated carbocycles. The fourth-order valence-electron chi connectivity index (χ4n) is 3.86. The minimum Gasteiger partial charge on any atom is -0.448 e. The van der Waals surface area contributed by atoms with E-state index in [-0.39, 0.29) is 22.8 Å². The van der Waals surface area contributed by atoms with E-state index in [1.165, 1.54) is 23.6 Å². The van der Waals surface area contributed by atoms with Crippen molar-refractivity contribution in [3.05, 3.63) is 40.3 Å². The Kier molecular flexibility index (Phi) is 7.33. The number of hydrogen-bond donors (Lipinski definition) is 0. The predicted molar refractivity (Wildman–Crippen MR) is 120 cm³/mol. The number of aryl methyl sites for hydroxylation is 1. The van der Waals surface area contributed by atoms with Crippen LogP contribution >= 0.6 is 0 Å². The third-order valence-corrected chi connectivity index (χ3v) is 7.52. The number of hydrogen-bond acceptors (Lipinski definition) is 7. The molecule has 1 aliphatic heterocycles. The second-order valence-corrected chi connectivity index (χ2v) is 10.4. The maximum Gasteiger partial charge on any atom is 0.360 e. The second kappa shape index (κ2) is 9.81. The van der Waals surface area contributed by atoms with Crippen LogP contribution in [0.5, 0.6) is 0 Å². The summed E-state index contributed by atoms with van der Waals surface area (Å²) >= 11 is 0. The molecule has 1 aromatic carbocycles. The van der Waals surface area contributed by atoms with Crippen LogP contribution in [0.25, 0.3) is 10.8 Å². The largest absolute Gasteiger partial charge is 0.448 e. The Morgan fingerprint density at radius 3 is 2.56 bits per heavy atom. The molecule has 0 aliphatic carbocycles. The van der Waals surface area contributed by atoms with Crippen LogP contribution in [0.3, 0.4) is 0 Å². The summed E-state index contributed by atoms with van der Waals surface area (Å²) in [6.45, 7) is 3.88. The number of unbranched alkanes of at least 4 members (excludes halogenated alkanes) is 2. The lowest BCUT2D eigenvalue weighted by molar-refractivity contribution is -0.140. The first kappa shape index (κ1) is 23.9. The Balaban J connectivity index is 1.82. The second-order valence-electron chi connectivity index (χ2n) is 8.18. The van der Waals surface area contributed by atoms with Crippen LogP contribution in [0.2, 0.25) is 0 Å². The number of carbonyl (C=O) groups is 2. The van der Waals surface area contributed by atoms with Crippen LogP contribution in [0.4, 0.5) is 0 Å². The topological polar surface area (TPSA) is 116 Å². The summed E-state index contributed by atoms with van der Waals surface area (Å²) in [6, 6.07) is 6.23. The number of benzene rings is 1. The van der Waals surface area contributed by atoms with Crippen LogP contribution in [0.15, 0.2) is 29.1 Å². The van der Waals surface area contributed by atoms with Crippen molar-refractivity contribution in [3.63, 3.8) is 0 Å². The minimum absolute atomic E-state index is 0.0255. The monoisotopic (exact) mass is 463 g/mol. The molecule has 1 fully saturated rings. The van der Waals surface area contributed by atoms with Crippen molar-refractivity contribution in [2.24, 2.45) is 0 Å². The number of aromatic nitrogens is 2. The minimum atomic E-state index is -3.15. The molecule has 1 aromatic heterocycles. The normalized spacial score (nSPS) is 18.4. The van der Waals surface area contributed by atoms with E-state index in [1.807, 2.05) is 0 Å². The molecule has 2 heterocycles. The van der Waals surface area contributed by atoms with Crippen molar-refractivity contribution in [2.45, 2.75) is 58.2 Å². The summed E-state index contributed by atoms with van der Waals surface area (Å²) in [7, 11) is -1.64. The molecule has 2 atom stereocenters. The maximum absolute atomic E-state index is 12.9. The third-order valence-electron chi connectivity index (χ3n) is 5.77. The summed E-state index contributed by atoms with van der Waals surface area (Å²) in [5, 5.41) is 4.98. The zero-order valence-electron chi connectivity index (χ0n) is 18.6. The number of carbonyl (C=O) groups excluding carboxylic acids is 2. The van der Waals surface area contributed by atoms with E-state index in [0.717, 1.165) is 19.3 Å². The molecule has 1 amide bonds. The third kappa shape index (κ3) is 5.17. The van der Waals surface area contributed by atoms with Gasteiger partial charge < -0.3 is 9.64 Å². The van der Waals surface area contributed by atoms with E-state index in [0.29, 0.717) is 23.7 Å². The molecule has 1 aliphatic rings. The van der Waals surface area contributed by atoms with Gasteiger partial charge in [-0.15, -0.1) is 0 Å². The number of amides is 1. The molecule has 0 spiro atoms. The van der Waals surface area contributed by atoms with Crippen LogP contribution in [0.1, 0.15) is 50.0 Å². The van der Waals surface area contributed by atoms with E-state index in [9.17, 15) is 22.8 Å². The lowest BCUT2D eigenvalue weighted by atomic mass is 10.1. The number of esters is 1. The van der Waals surface area contributed by atoms with E-state index in [1.54, 1.807) is 24.3 Å². The van der Waals surface area contributed by atoms with Crippen LogP contribution in [0, 0.1) is 0 Å². The first-order valence-electron chi connectivity index (χ1n) is 10.8. The number of nitrogens with zero attached hydrogens (tertiary/aromatic N) is 3. The predicted octanol–water partition coefficient (Wildman–Crippen LogP) is 1.78. The van der Waals surface area contributed by atoms with Crippen molar-refractivity contribution in [3.8, 4) is 0 Å². The average Bonchev–Trinajstić information content (AvgIpc) is 3.14. The quantitative estimate of drug-likeness (QED) is 0.433. The zero-order chi connectivity index (χ0) is 23.5. The number of fused-ring (bicyclic) bond motifs is 1. The van der Waals surface area contributed by atoms with Crippen molar-refractivity contribution < 1.29 is 22.7 Å². The van der Waals surface area contributed by atoms with Crippen molar-refractivity contribution in [1.29, 1.82) is 0 Å². The molecule has 10 heteroatoms. The summed E-state index contributed by atoms with van der Waals surface area (Å²) < 4.78 is 30.1. The summed E-state index contributed by atoms with van der Waals surface area (Å²) in [4.78, 5) is 39.8. The van der Waals surface area contributed by atoms with E-state index >= 15 is 0 Å². The Morgan fingerprint density at radius 1 is 1.25 bits per heavy atom. The van der Waals surface area contributed by atoms with E-state index < -0.39 is 33.9 Å². The van der Waals surface area contributed by atoms with Crippen LogP contribution in [-0.2, 0) is 25.9 Å². The van der Waals surface area contributed by atoms with Gasteiger partial charge in [0.1, 0.15) is 0 Å². The highest BCUT2D eigenvalue weighted by molar-refractivity contribution is 7.91. The maximum atomic E-state index is 12.9. The molecule has 0 radical (unpaired) electrons. The first-order chi connectivity index (χ1) is 15.1. The van der Waals surface area contributed by atoms with Crippen LogP contribution < -0.4 is 5.56 Å². The lowest BCUT2D eigenvalue weighted by Gasteiger charge is -2.26. The fraction of sp³-hybridized carbons (Fsp3) is 0.545. The Labute approximate surface area is 187 Å². The SMILES string of the molecule is CCCCCn1nc(C(=O)O[C@H](C)C(=O)N(C)[C@@H]2CCS(=O)(=O)C2)c2ccccc2c1=O. The van der Waals surface area contributed by atoms with Crippen molar-refractivity contribution in [1.82, 2.24) is 14.7 Å². The first-order valence-corrected chi connectivity index (χ1v) is 12.6. The highest BCUT2D eigenvalue weighted by Gasteiger charge is 2.35. The van der Waals surface area contributed by atoms with Gasteiger partial charge >= 0.3 is 5.97 Å². The van der Waals surface area contributed by atoms with Gasteiger partial charge in [-0.05, 0) is 25.8 Å². The Morgan fingerprint density at radius 2 is 1.94 bits per heavy atom. The number of likely N-dealkylation sites (N-methyl/N-ethyl adjacent to an activating group) is 1. The molecule has 0 unspecified atom stereocenters. The molecule has 9 nitrogen and oxygen atoms in total. The molecule has 32 heavy (non-hydrogen) atoms. The Hall–Kier alpha value is -2.75. The van der Waals surface area contributed by atoms with Gasteiger partial charge in [0.05, 0.1) is 16.9 Å². The van der Waals surface area contributed by atoms with Gasteiger partial charge in [-0.1, -0.05) is 38.0 Å². The molecule has 1 saturated heterocycles. The molecule has 2 aromatic rings. The van der Waals surface area contributed by atoms with Crippen LogP contribution in [-0.4, -0.2) is 65.7 Å². The number of rotatable bonds is 8. The van der Waals surface area contributed by atoms with Gasteiger partial charge in [-0.2, -0.15) is 5.10 Å². The van der Waals surface area contributed by atoms with Gasteiger partial charge in [-0.3, -0.25) is 9.59 Å². The lowest BCUT2D eigenvalue weighted by Crippen LogP contribution is -2.44. The standard InChI is InChI=1S/C22H29N3O6S/c1-4-5-8-12-25-21(27)18-10-7-6-9-17(18)19(23-25)22(28)31-15(2)20(26)24(3)16-11-13-32(29,30)14-16/h6-7,9-10,15-16H,4-5,8,11-14H2,1-3H3/t15-,16-/m1/s1. The van der Waals surface area contributed by atoms with Gasteiger partial charge in [0.2, 0.25) is 0 Å². The smallest absolute Gasteiger partial charge is 0.360 e. The van der Waals surface area contributed by atoms with Crippen molar-refractivity contribution >= 4 is 32.5 Å². The molecular formula is C22H29N3O6S. The summed E-state index contributed by atoms with van der Waals surface area (Å²) in [6.07, 6.45) is 1.89. The van der Waals surface area contributed by atoms with E-state index in [4.69, 9.17) is 4.74 Å². The highest BCUT2D eigenvalue weighted by Crippen LogP contribution is 2.19. The van der Waals surface area contributed by atoms with Gasteiger partial charge in [0.25, 0.3) is 11.5 Å². The fourth-order valence-corrected chi connectivity index (χ4v) is 5.64. The molecule has 3 rings (SSSR count). The van der Waals surface area contributed by atoms with E-state index in [2.05, 4.69) is 12.0 Å². The highest BCUT2D eigenvalue weighted by atomic mass is 32.2. The Bertz CT molecular complexity index is 1170. The number of ether oxygens (including phenoxy) is 1. The summed E-state index contributed by atoms with van der Waals surface area (Å²) in [5.41, 5.74) is -0.304. The molecular weight excluding hydrogens is 434 g/mol. The summed E-state index contributed by atoms with van der Waals surface area (Å²) in [5.74, 6) is -1.34. The molecule has 0 bridgehead atoms. The van der Waals surface area contributed by atoms with Gasteiger partial charge in [-0.25, -0.2) is 17.9 Å². The molecule has 0 N–H and O–H groups in total. The number of sulfone groups is 1. The molecule has 174 valence electrons.